The van der Waals surface area contributed by atoms with Crippen LogP contribution in [-0.2, 0) is 16.1 Å². The van der Waals surface area contributed by atoms with E-state index in [1.165, 1.54) is 9.47 Å². The maximum absolute atomic E-state index is 12.3. The van der Waals surface area contributed by atoms with E-state index in [2.05, 4.69) is 4.98 Å². The van der Waals surface area contributed by atoms with Crippen LogP contribution in [0.4, 0.5) is 0 Å². The molecule has 1 fully saturated rings. The van der Waals surface area contributed by atoms with Crippen LogP contribution in [0.3, 0.4) is 0 Å². The number of para-hydroxylation sites is 2. The number of hydrogen-bond donors (Lipinski definition) is 2. The van der Waals surface area contributed by atoms with Gasteiger partial charge in [0, 0.05) is 6.54 Å². The first-order valence-corrected chi connectivity index (χ1v) is 6.78. The molecular weight excluding hydrogens is 274 g/mol. The Hall–Kier alpha value is -2.57. The number of carbonyl (C=O) groups is 2. The highest BCUT2D eigenvalue weighted by Crippen LogP contribution is 2.18. The molecule has 0 saturated carbocycles. The molecule has 1 aromatic carbocycles. The van der Waals surface area contributed by atoms with Crippen LogP contribution in [0.25, 0.3) is 11.0 Å². The highest BCUT2D eigenvalue weighted by Gasteiger charge is 2.34. The van der Waals surface area contributed by atoms with Gasteiger partial charge in [-0.05, 0) is 25.0 Å². The van der Waals surface area contributed by atoms with Crippen molar-refractivity contribution in [1.29, 1.82) is 0 Å². The molecule has 110 valence electrons. The van der Waals surface area contributed by atoms with Crippen molar-refractivity contribution in [3.05, 3.63) is 34.7 Å². The highest BCUT2D eigenvalue weighted by atomic mass is 16.4. The Morgan fingerprint density at radius 2 is 2.10 bits per heavy atom. The second-order valence-electron chi connectivity index (χ2n) is 5.12. The van der Waals surface area contributed by atoms with Crippen LogP contribution in [-0.4, -0.2) is 44.0 Å². The van der Waals surface area contributed by atoms with Gasteiger partial charge < -0.3 is 15.0 Å². The third-order valence-corrected chi connectivity index (χ3v) is 3.83. The molecular formula is C14H15N3O4. The van der Waals surface area contributed by atoms with Crippen molar-refractivity contribution in [2.45, 2.75) is 25.4 Å². The molecule has 1 saturated heterocycles. The largest absolute Gasteiger partial charge is 0.480 e. The number of rotatable bonds is 3. The van der Waals surface area contributed by atoms with E-state index >= 15 is 0 Å². The van der Waals surface area contributed by atoms with E-state index in [9.17, 15) is 14.4 Å². The van der Waals surface area contributed by atoms with Crippen LogP contribution in [0, 0.1) is 0 Å². The molecule has 2 aromatic rings. The molecule has 3 rings (SSSR count). The summed E-state index contributed by atoms with van der Waals surface area (Å²) in [6.07, 6.45) is 1.13. The summed E-state index contributed by atoms with van der Waals surface area (Å²) < 4.78 is 1.34. The molecule has 1 amide bonds. The standard InChI is InChI=1S/C14H15N3O4/c18-12(16-7-3-6-11(16)13(19)20)8-17-10-5-2-1-4-9(10)15-14(17)21/h1-2,4-5,11H,3,6-8H2,(H,15,21)(H,19,20). The summed E-state index contributed by atoms with van der Waals surface area (Å²) in [4.78, 5) is 39.4. The number of fused-ring (bicyclic) bond motifs is 1. The second kappa shape index (κ2) is 5.08. The number of likely N-dealkylation sites (tertiary alicyclic amines) is 1. The zero-order chi connectivity index (χ0) is 15.0. The Kier molecular flexibility index (Phi) is 3.25. The fourth-order valence-electron chi connectivity index (χ4n) is 2.81. The summed E-state index contributed by atoms with van der Waals surface area (Å²) in [5, 5.41) is 9.12. The number of nitrogens with zero attached hydrogens (tertiary/aromatic N) is 2. The number of H-pyrrole nitrogens is 1. The summed E-state index contributed by atoms with van der Waals surface area (Å²) in [5.41, 5.74) is 0.934. The first-order chi connectivity index (χ1) is 10.1. The molecule has 1 aliphatic heterocycles. The van der Waals surface area contributed by atoms with Gasteiger partial charge in [-0.3, -0.25) is 9.36 Å². The number of imidazole rings is 1. The normalized spacial score (nSPS) is 18.3. The van der Waals surface area contributed by atoms with Gasteiger partial charge in [0.05, 0.1) is 11.0 Å². The van der Waals surface area contributed by atoms with Crippen LogP contribution >= 0.6 is 0 Å². The lowest BCUT2D eigenvalue weighted by Gasteiger charge is -2.21. The van der Waals surface area contributed by atoms with E-state index in [1.807, 2.05) is 0 Å². The van der Waals surface area contributed by atoms with Crippen molar-refractivity contribution >= 4 is 22.9 Å². The fraction of sp³-hybridized carbons (Fsp3) is 0.357. The molecule has 0 radical (unpaired) electrons. The van der Waals surface area contributed by atoms with Gasteiger partial charge in [0.1, 0.15) is 12.6 Å². The SMILES string of the molecule is O=C(O)C1CCCN1C(=O)Cn1c(=O)[nH]c2ccccc21. The predicted octanol–water partition coefficient (Wildman–Crippen LogP) is 0.405. The second-order valence-corrected chi connectivity index (χ2v) is 5.12. The number of carboxylic acid groups (broad SMARTS) is 1. The van der Waals surface area contributed by atoms with E-state index < -0.39 is 12.0 Å². The van der Waals surface area contributed by atoms with Gasteiger partial charge in [-0.2, -0.15) is 0 Å². The summed E-state index contributed by atoms with van der Waals surface area (Å²) >= 11 is 0. The molecule has 1 aliphatic rings. The molecule has 21 heavy (non-hydrogen) atoms. The molecule has 7 nitrogen and oxygen atoms in total. The third kappa shape index (κ3) is 2.31. The smallest absolute Gasteiger partial charge is 0.326 e. The summed E-state index contributed by atoms with van der Waals surface area (Å²) in [7, 11) is 0. The number of aromatic nitrogens is 2. The minimum atomic E-state index is -0.993. The van der Waals surface area contributed by atoms with E-state index in [4.69, 9.17) is 5.11 Å². The predicted molar refractivity (Wildman–Crippen MR) is 74.9 cm³/mol. The minimum Gasteiger partial charge on any atom is -0.480 e. The van der Waals surface area contributed by atoms with Gasteiger partial charge in [0.15, 0.2) is 0 Å². The fourth-order valence-corrected chi connectivity index (χ4v) is 2.81. The molecule has 1 atom stereocenters. The number of aromatic amines is 1. The quantitative estimate of drug-likeness (QED) is 0.855. The lowest BCUT2D eigenvalue weighted by atomic mass is 10.2. The van der Waals surface area contributed by atoms with Crippen LogP contribution in [0.15, 0.2) is 29.1 Å². The van der Waals surface area contributed by atoms with E-state index in [0.717, 1.165) is 0 Å². The number of amides is 1. The van der Waals surface area contributed by atoms with Gasteiger partial charge in [-0.15, -0.1) is 0 Å². The van der Waals surface area contributed by atoms with Gasteiger partial charge in [-0.25, -0.2) is 9.59 Å². The van der Waals surface area contributed by atoms with Crippen LogP contribution in [0.5, 0.6) is 0 Å². The number of carbonyl (C=O) groups excluding carboxylic acids is 1. The topological polar surface area (TPSA) is 95.4 Å². The molecule has 7 heteroatoms. The Labute approximate surface area is 119 Å². The van der Waals surface area contributed by atoms with Crippen molar-refractivity contribution in [3.8, 4) is 0 Å². The maximum atomic E-state index is 12.3. The van der Waals surface area contributed by atoms with E-state index in [-0.39, 0.29) is 18.1 Å². The Morgan fingerprint density at radius 1 is 1.33 bits per heavy atom. The van der Waals surface area contributed by atoms with Crippen molar-refractivity contribution in [3.63, 3.8) is 0 Å². The average Bonchev–Trinajstić information content (AvgIpc) is 3.04. The molecule has 2 N–H and O–H groups in total. The molecule has 0 bridgehead atoms. The van der Waals surface area contributed by atoms with Crippen molar-refractivity contribution < 1.29 is 14.7 Å². The first-order valence-electron chi connectivity index (χ1n) is 6.78. The van der Waals surface area contributed by atoms with Crippen molar-refractivity contribution in [1.82, 2.24) is 14.5 Å². The summed E-state index contributed by atoms with van der Waals surface area (Å²) in [6.45, 7) is 0.277. The number of nitrogens with one attached hydrogen (secondary N) is 1. The van der Waals surface area contributed by atoms with Crippen molar-refractivity contribution in [2.24, 2.45) is 0 Å². The highest BCUT2D eigenvalue weighted by molar-refractivity contribution is 5.85. The van der Waals surface area contributed by atoms with Crippen molar-refractivity contribution in [2.75, 3.05) is 6.54 Å². The van der Waals surface area contributed by atoms with Crippen LogP contribution in [0.1, 0.15) is 12.8 Å². The number of hydrogen-bond acceptors (Lipinski definition) is 3. The zero-order valence-electron chi connectivity index (χ0n) is 11.3. The molecule has 1 aromatic heterocycles. The summed E-state index contributed by atoms with van der Waals surface area (Å²) in [5.74, 6) is -1.33. The average molecular weight is 289 g/mol. The lowest BCUT2D eigenvalue weighted by molar-refractivity contribution is -0.148. The Morgan fingerprint density at radius 3 is 2.86 bits per heavy atom. The number of carboxylic acids is 1. The Bertz CT molecular complexity index is 761. The maximum Gasteiger partial charge on any atom is 0.326 e. The third-order valence-electron chi connectivity index (χ3n) is 3.83. The van der Waals surface area contributed by atoms with Gasteiger partial charge in [0.25, 0.3) is 0 Å². The molecule has 2 heterocycles. The molecule has 1 unspecified atom stereocenters. The van der Waals surface area contributed by atoms with Gasteiger partial charge in [-0.1, -0.05) is 12.1 Å². The summed E-state index contributed by atoms with van der Waals surface area (Å²) in [6, 6.07) is 6.31. The first kappa shape index (κ1) is 13.4. The lowest BCUT2D eigenvalue weighted by Crippen LogP contribution is -2.42. The van der Waals surface area contributed by atoms with Crippen LogP contribution < -0.4 is 5.69 Å². The van der Waals surface area contributed by atoms with Crippen LogP contribution in [0.2, 0.25) is 0 Å². The minimum absolute atomic E-state index is 0.146. The number of benzene rings is 1. The monoisotopic (exact) mass is 289 g/mol. The number of aliphatic carboxylic acids is 1. The Balaban J connectivity index is 1.88. The van der Waals surface area contributed by atoms with E-state index in [1.54, 1.807) is 24.3 Å². The van der Waals surface area contributed by atoms with E-state index in [0.29, 0.717) is 30.4 Å². The van der Waals surface area contributed by atoms with Gasteiger partial charge in [0.2, 0.25) is 5.91 Å². The zero-order valence-corrected chi connectivity index (χ0v) is 11.3. The molecule has 0 aliphatic carbocycles. The molecule has 0 spiro atoms. The van der Waals surface area contributed by atoms with Gasteiger partial charge >= 0.3 is 11.7 Å².